The topological polar surface area (TPSA) is 62.5 Å². The van der Waals surface area contributed by atoms with Crippen molar-refractivity contribution in [3.63, 3.8) is 0 Å². The number of guanidine groups is 1. The molecule has 1 aromatic rings. The van der Waals surface area contributed by atoms with E-state index in [-0.39, 0.29) is 24.0 Å². The van der Waals surface area contributed by atoms with E-state index in [4.69, 9.17) is 4.42 Å². The third-order valence-electron chi connectivity index (χ3n) is 3.74. The summed E-state index contributed by atoms with van der Waals surface area (Å²) >= 11 is 0. The molecule has 120 valence electrons. The maximum Gasteiger partial charge on any atom is 0.216 e. The highest BCUT2D eigenvalue weighted by molar-refractivity contribution is 14.0. The van der Waals surface area contributed by atoms with Crippen LogP contribution in [0.4, 0.5) is 0 Å². The van der Waals surface area contributed by atoms with Gasteiger partial charge in [0.2, 0.25) is 5.89 Å². The Morgan fingerprint density at radius 2 is 2.00 bits per heavy atom. The van der Waals surface area contributed by atoms with E-state index in [0.29, 0.717) is 18.5 Å². The number of rotatable bonds is 4. The predicted molar refractivity (Wildman–Crippen MR) is 96.2 cm³/mol. The zero-order valence-corrected chi connectivity index (χ0v) is 15.6. The Morgan fingerprint density at radius 3 is 2.57 bits per heavy atom. The molecular weight excluding hydrogens is 379 g/mol. The lowest BCUT2D eigenvalue weighted by atomic mass is 9.96. The van der Waals surface area contributed by atoms with Gasteiger partial charge in [0.15, 0.2) is 5.96 Å². The van der Waals surface area contributed by atoms with Gasteiger partial charge in [0, 0.05) is 12.6 Å². The van der Waals surface area contributed by atoms with Crippen molar-refractivity contribution >= 4 is 29.9 Å². The number of aliphatic imine (C=N–C) groups is 1. The van der Waals surface area contributed by atoms with Gasteiger partial charge in [-0.1, -0.05) is 19.3 Å². The molecule has 0 spiro atoms. The van der Waals surface area contributed by atoms with Crippen molar-refractivity contribution < 1.29 is 4.42 Å². The SMILES string of the molecule is CCNC(=NCc1nc(C)c(C)o1)NC1CCCCC1.I. The van der Waals surface area contributed by atoms with Crippen molar-refractivity contribution in [2.75, 3.05) is 6.54 Å². The van der Waals surface area contributed by atoms with Crippen molar-refractivity contribution in [2.45, 2.75) is 65.5 Å². The monoisotopic (exact) mass is 406 g/mol. The molecule has 0 amide bonds. The first-order valence-electron chi connectivity index (χ1n) is 7.66. The molecular formula is C15H27IN4O. The Balaban J connectivity index is 0.00000220. The van der Waals surface area contributed by atoms with Crippen LogP contribution >= 0.6 is 24.0 Å². The predicted octanol–water partition coefficient (Wildman–Crippen LogP) is 3.30. The minimum Gasteiger partial charge on any atom is -0.444 e. The van der Waals surface area contributed by atoms with Gasteiger partial charge in [-0.15, -0.1) is 24.0 Å². The minimum absolute atomic E-state index is 0. The summed E-state index contributed by atoms with van der Waals surface area (Å²) in [6.45, 7) is 7.31. The first kappa shape index (κ1) is 18.3. The Kier molecular flexibility index (Phi) is 8.06. The van der Waals surface area contributed by atoms with E-state index in [2.05, 4.69) is 27.5 Å². The molecule has 1 aliphatic carbocycles. The van der Waals surface area contributed by atoms with E-state index in [1.165, 1.54) is 32.1 Å². The molecule has 21 heavy (non-hydrogen) atoms. The molecule has 1 aromatic heterocycles. The number of hydrogen-bond donors (Lipinski definition) is 2. The second kappa shape index (κ2) is 9.27. The smallest absolute Gasteiger partial charge is 0.216 e. The number of halogens is 1. The fourth-order valence-electron chi connectivity index (χ4n) is 2.51. The van der Waals surface area contributed by atoms with Gasteiger partial charge in [0.1, 0.15) is 12.3 Å². The average molecular weight is 406 g/mol. The van der Waals surface area contributed by atoms with Crippen LogP contribution in [-0.4, -0.2) is 23.5 Å². The van der Waals surface area contributed by atoms with Gasteiger partial charge in [0.05, 0.1) is 5.69 Å². The van der Waals surface area contributed by atoms with E-state index in [0.717, 1.165) is 24.0 Å². The first-order valence-corrected chi connectivity index (χ1v) is 7.66. The summed E-state index contributed by atoms with van der Waals surface area (Å²) in [6.07, 6.45) is 6.47. The van der Waals surface area contributed by atoms with Crippen LogP contribution in [0.25, 0.3) is 0 Å². The minimum atomic E-state index is 0. The number of oxazole rings is 1. The van der Waals surface area contributed by atoms with Crippen LogP contribution in [-0.2, 0) is 6.54 Å². The average Bonchev–Trinajstić information content (AvgIpc) is 2.77. The number of nitrogens with one attached hydrogen (secondary N) is 2. The molecule has 2 N–H and O–H groups in total. The van der Waals surface area contributed by atoms with Crippen LogP contribution in [0.1, 0.15) is 56.4 Å². The molecule has 0 atom stereocenters. The molecule has 2 rings (SSSR count). The van der Waals surface area contributed by atoms with Crippen molar-refractivity contribution in [3.8, 4) is 0 Å². The van der Waals surface area contributed by atoms with Crippen molar-refractivity contribution in [1.82, 2.24) is 15.6 Å². The molecule has 1 heterocycles. The second-order valence-corrected chi connectivity index (χ2v) is 5.42. The van der Waals surface area contributed by atoms with Gasteiger partial charge < -0.3 is 15.1 Å². The van der Waals surface area contributed by atoms with Crippen LogP contribution < -0.4 is 10.6 Å². The Hall–Kier alpha value is -0.790. The van der Waals surface area contributed by atoms with E-state index < -0.39 is 0 Å². The third-order valence-corrected chi connectivity index (χ3v) is 3.74. The highest BCUT2D eigenvalue weighted by Crippen LogP contribution is 2.17. The van der Waals surface area contributed by atoms with Crippen molar-refractivity contribution in [3.05, 3.63) is 17.3 Å². The number of nitrogens with zero attached hydrogens (tertiary/aromatic N) is 2. The summed E-state index contributed by atoms with van der Waals surface area (Å²) in [5.41, 5.74) is 0.945. The summed E-state index contributed by atoms with van der Waals surface area (Å²) < 4.78 is 5.56. The number of hydrogen-bond acceptors (Lipinski definition) is 3. The van der Waals surface area contributed by atoms with Crippen molar-refractivity contribution in [2.24, 2.45) is 4.99 Å². The molecule has 6 heteroatoms. The molecule has 0 bridgehead atoms. The number of aryl methyl sites for hydroxylation is 2. The molecule has 1 fully saturated rings. The van der Waals surface area contributed by atoms with Gasteiger partial charge in [-0.05, 0) is 33.6 Å². The maximum absolute atomic E-state index is 5.56. The van der Waals surface area contributed by atoms with Crippen LogP contribution in [0.2, 0.25) is 0 Å². The summed E-state index contributed by atoms with van der Waals surface area (Å²) in [6, 6.07) is 0.551. The van der Waals surface area contributed by atoms with Gasteiger partial charge >= 0.3 is 0 Å². The van der Waals surface area contributed by atoms with E-state index in [1.54, 1.807) is 0 Å². The van der Waals surface area contributed by atoms with Gasteiger partial charge in [0.25, 0.3) is 0 Å². The fourth-order valence-corrected chi connectivity index (χ4v) is 2.51. The molecule has 0 aromatic carbocycles. The Morgan fingerprint density at radius 1 is 1.29 bits per heavy atom. The molecule has 0 unspecified atom stereocenters. The van der Waals surface area contributed by atoms with Crippen LogP contribution in [0.5, 0.6) is 0 Å². The van der Waals surface area contributed by atoms with Gasteiger partial charge in [-0.2, -0.15) is 0 Å². The summed E-state index contributed by atoms with van der Waals surface area (Å²) in [4.78, 5) is 8.93. The highest BCUT2D eigenvalue weighted by Gasteiger charge is 2.14. The summed E-state index contributed by atoms with van der Waals surface area (Å²) in [5, 5.41) is 6.81. The maximum atomic E-state index is 5.56. The van der Waals surface area contributed by atoms with Crippen LogP contribution in [0.15, 0.2) is 9.41 Å². The third kappa shape index (κ3) is 5.84. The summed E-state index contributed by atoms with van der Waals surface area (Å²) in [5.74, 6) is 2.43. The standard InChI is InChI=1S/C15H26N4O.HI/c1-4-16-15(19-13-8-6-5-7-9-13)17-10-14-18-11(2)12(3)20-14;/h13H,4-10H2,1-3H3,(H2,16,17,19);1H. The lowest BCUT2D eigenvalue weighted by molar-refractivity contribution is 0.409. The molecule has 1 saturated carbocycles. The van der Waals surface area contributed by atoms with E-state index >= 15 is 0 Å². The summed E-state index contributed by atoms with van der Waals surface area (Å²) in [7, 11) is 0. The normalized spacial score (nSPS) is 16.4. The van der Waals surface area contributed by atoms with Crippen LogP contribution in [0, 0.1) is 13.8 Å². The lowest BCUT2D eigenvalue weighted by Gasteiger charge is -2.24. The molecule has 1 aliphatic rings. The quantitative estimate of drug-likeness (QED) is 0.458. The molecule has 0 aliphatic heterocycles. The van der Waals surface area contributed by atoms with E-state index in [1.807, 2.05) is 13.8 Å². The Labute approximate surface area is 144 Å². The number of aromatic nitrogens is 1. The second-order valence-electron chi connectivity index (χ2n) is 5.42. The Bertz CT molecular complexity index is 433. The van der Waals surface area contributed by atoms with Crippen LogP contribution in [0.3, 0.4) is 0 Å². The first-order chi connectivity index (χ1) is 9.69. The molecule has 0 saturated heterocycles. The molecule has 0 radical (unpaired) electrons. The van der Waals surface area contributed by atoms with Gasteiger partial charge in [-0.25, -0.2) is 9.98 Å². The zero-order valence-electron chi connectivity index (χ0n) is 13.2. The van der Waals surface area contributed by atoms with Gasteiger partial charge in [-0.3, -0.25) is 0 Å². The molecule has 5 nitrogen and oxygen atoms in total. The largest absolute Gasteiger partial charge is 0.444 e. The zero-order chi connectivity index (χ0) is 14.4. The van der Waals surface area contributed by atoms with E-state index in [9.17, 15) is 0 Å². The highest BCUT2D eigenvalue weighted by atomic mass is 127. The fraction of sp³-hybridized carbons (Fsp3) is 0.733. The lowest BCUT2D eigenvalue weighted by Crippen LogP contribution is -2.44. The van der Waals surface area contributed by atoms with Crippen molar-refractivity contribution in [1.29, 1.82) is 0 Å².